The molecule has 0 fully saturated rings. The normalized spacial score (nSPS) is 12.1. The molecule has 0 radical (unpaired) electrons. The third-order valence-electron chi connectivity index (χ3n) is 11.0. The SMILES string of the molecule is CCCCCCCCCCCCc1ccc2c(c1)[nH]c1c2ccc2c1ccc1c3ccc(CCCCCCCCCCCC)cc3sc12. The van der Waals surface area contributed by atoms with Crippen LogP contribution >= 0.6 is 11.3 Å². The van der Waals surface area contributed by atoms with Crippen molar-refractivity contribution in [2.75, 3.05) is 0 Å². The highest BCUT2D eigenvalue weighted by molar-refractivity contribution is 7.26. The molecule has 48 heavy (non-hydrogen) atoms. The Kier molecular flexibility index (Phi) is 13.3. The van der Waals surface area contributed by atoms with E-state index in [0.717, 1.165) is 0 Å². The monoisotopic (exact) mass is 659 g/mol. The third-order valence-corrected chi connectivity index (χ3v) is 12.2. The van der Waals surface area contributed by atoms with E-state index in [-0.39, 0.29) is 0 Å². The fourth-order valence-corrected chi connectivity index (χ4v) is 9.35. The highest BCUT2D eigenvalue weighted by Gasteiger charge is 2.14. The van der Waals surface area contributed by atoms with Crippen LogP contribution in [0, 0.1) is 0 Å². The van der Waals surface area contributed by atoms with Crippen LogP contribution in [0.3, 0.4) is 0 Å². The zero-order chi connectivity index (χ0) is 33.0. The number of H-pyrrole nitrogens is 1. The van der Waals surface area contributed by atoms with Gasteiger partial charge in [-0.3, -0.25) is 0 Å². The topological polar surface area (TPSA) is 15.8 Å². The number of hydrogen-bond acceptors (Lipinski definition) is 1. The molecular weight excluding hydrogens is 599 g/mol. The number of rotatable bonds is 22. The molecule has 0 amide bonds. The maximum Gasteiger partial charge on any atom is 0.0545 e. The minimum Gasteiger partial charge on any atom is -0.354 e. The average molecular weight is 660 g/mol. The molecule has 0 aliphatic carbocycles. The lowest BCUT2D eigenvalue weighted by atomic mass is 10.0. The summed E-state index contributed by atoms with van der Waals surface area (Å²) in [5, 5.41) is 8.26. The van der Waals surface area contributed by atoms with Gasteiger partial charge in [0.05, 0.1) is 5.52 Å². The quantitative estimate of drug-likeness (QED) is 0.0698. The standard InChI is InChI=1S/C46H61NS/c1-3-5-7-9-11-13-15-17-19-21-23-35-25-27-37-39-29-32-42-40(45(39)47-43(37)33-35)30-31-41-38-28-26-36(34-44(38)48-46(41)42)24-22-20-18-16-14-12-10-8-6-4-2/h25-34,47H,3-24H2,1-2H3. The van der Waals surface area contributed by atoms with Crippen LogP contribution < -0.4 is 0 Å². The molecule has 0 atom stereocenters. The summed E-state index contributed by atoms with van der Waals surface area (Å²) in [7, 11) is 0. The Bertz CT molecular complexity index is 1730. The van der Waals surface area contributed by atoms with E-state index in [1.807, 2.05) is 11.3 Å². The molecule has 4 aromatic carbocycles. The Hall–Kier alpha value is -2.84. The molecule has 0 unspecified atom stereocenters. The third kappa shape index (κ3) is 8.84. The van der Waals surface area contributed by atoms with Crippen molar-refractivity contribution < 1.29 is 0 Å². The van der Waals surface area contributed by atoms with Crippen LogP contribution in [-0.2, 0) is 12.8 Å². The maximum atomic E-state index is 3.87. The first-order valence-electron chi connectivity index (χ1n) is 20.1. The first kappa shape index (κ1) is 35.0. The fraction of sp³-hybridized carbons (Fsp3) is 0.522. The van der Waals surface area contributed by atoms with Gasteiger partial charge in [0, 0.05) is 47.2 Å². The highest BCUT2D eigenvalue weighted by atomic mass is 32.1. The van der Waals surface area contributed by atoms with Gasteiger partial charge in [-0.1, -0.05) is 178 Å². The zero-order valence-electron chi connectivity index (χ0n) is 30.2. The lowest BCUT2D eigenvalue weighted by Crippen LogP contribution is -1.87. The van der Waals surface area contributed by atoms with Crippen molar-refractivity contribution in [2.24, 2.45) is 0 Å². The van der Waals surface area contributed by atoms with Crippen molar-refractivity contribution in [2.45, 2.75) is 155 Å². The van der Waals surface area contributed by atoms with Crippen LogP contribution in [0.25, 0.3) is 52.8 Å². The molecule has 2 heterocycles. The maximum absolute atomic E-state index is 3.87. The van der Waals surface area contributed by atoms with Gasteiger partial charge >= 0.3 is 0 Å². The number of aryl methyl sites for hydroxylation is 2. The van der Waals surface area contributed by atoms with E-state index >= 15 is 0 Å². The molecular formula is C46H61NS. The molecule has 1 nitrogen and oxygen atoms in total. The lowest BCUT2D eigenvalue weighted by Gasteiger charge is -2.04. The molecule has 0 bridgehead atoms. The van der Waals surface area contributed by atoms with E-state index in [2.05, 4.69) is 79.5 Å². The number of unbranched alkanes of at least 4 members (excludes halogenated alkanes) is 18. The summed E-state index contributed by atoms with van der Waals surface area (Å²) >= 11 is 1.99. The van der Waals surface area contributed by atoms with Gasteiger partial charge in [0.15, 0.2) is 0 Å². The molecule has 0 spiro atoms. The Morgan fingerprint density at radius 2 is 0.833 bits per heavy atom. The molecule has 6 rings (SSSR count). The summed E-state index contributed by atoms with van der Waals surface area (Å²) in [5.41, 5.74) is 5.55. The van der Waals surface area contributed by atoms with Crippen molar-refractivity contribution in [3.63, 3.8) is 0 Å². The van der Waals surface area contributed by atoms with Gasteiger partial charge < -0.3 is 4.98 Å². The van der Waals surface area contributed by atoms with Gasteiger partial charge in [0.2, 0.25) is 0 Å². The van der Waals surface area contributed by atoms with Gasteiger partial charge in [-0.05, 0) is 48.9 Å². The van der Waals surface area contributed by atoms with Crippen LogP contribution in [0.2, 0.25) is 0 Å². The zero-order valence-corrected chi connectivity index (χ0v) is 31.1. The van der Waals surface area contributed by atoms with Crippen molar-refractivity contribution >= 4 is 64.1 Å². The Morgan fingerprint density at radius 1 is 0.417 bits per heavy atom. The number of thiophene rings is 1. The summed E-state index contributed by atoms with van der Waals surface area (Å²) in [4.78, 5) is 3.87. The summed E-state index contributed by atoms with van der Waals surface area (Å²) in [6, 6.07) is 23.9. The second-order valence-corrected chi connectivity index (χ2v) is 15.9. The van der Waals surface area contributed by atoms with Gasteiger partial charge in [-0.2, -0.15) is 0 Å². The molecule has 0 aliphatic rings. The highest BCUT2D eigenvalue weighted by Crippen LogP contribution is 2.41. The van der Waals surface area contributed by atoms with E-state index in [9.17, 15) is 0 Å². The van der Waals surface area contributed by atoms with Crippen LogP contribution in [0.4, 0.5) is 0 Å². The van der Waals surface area contributed by atoms with Crippen LogP contribution in [0.5, 0.6) is 0 Å². The van der Waals surface area contributed by atoms with E-state index in [4.69, 9.17) is 0 Å². The number of fused-ring (bicyclic) bond motifs is 9. The summed E-state index contributed by atoms with van der Waals surface area (Å²) < 4.78 is 2.87. The van der Waals surface area contributed by atoms with E-state index in [0.29, 0.717) is 0 Å². The summed E-state index contributed by atoms with van der Waals surface area (Å²) in [5.74, 6) is 0. The summed E-state index contributed by atoms with van der Waals surface area (Å²) in [6.07, 6.45) is 30.3. The van der Waals surface area contributed by atoms with E-state index in [1.165, 1.54) is 205 Å². The van der Waals surface area contributed by atoms with Crippen LogP contribution in [0.1, 0.15) is 153 Å². The molecule has 6 aromatic rings. The van der Waals surface area contributed by atoms with Crippen molar-refractivity contribution in [3.8, 4) is 0 Å². The molecule has 2 heteroatoms. The van der Waals surface area contributed by atoms with E-state index in [1.54, 1.807) is 0 Å². The second kappa shape index (κ2) is 18.2. The smallest absolute Gasteiger partial charge is 0.0545 e. The predicted molar refractivity (Wildman–Crippen MR) is 217 cm³/mol. The Balaban J connectivity index is 1.07. The molecule has 0 saturated heterocycles. The summed E-state index contributed by atoms with van der Waals surface area (Å²) in [6.45, 7) is 4.60. The average Bonchev–Trinajstić information content (AvgIpc) is 3.67. The van der Waals surface area contributed by atoms with Crippen molar-refractivity contribution in [1.82, 2.24) is 4.98 Å². The molecule has 0 aliphatic heterocycles. The largest absolute Gasteiger partial charge is 0.354 e. The number of nitrogens with one attached hydrogen (secondary N) is 1. The van der Waals surface area contributed by atoms with Gasteiger partial charge in [-0.15, -0.1) is 11.3 Å². The van der Waals surface area contributed by atoms with Crippen LogP contribution in [0.15, 0.2) is 60.7 Å². The molecule has 256 valence electrons. The minimum atomic E-state index is 1.19. The number of hydrogen-bond donors (Lipinski definition) is 1. The Labute approximate surface area is 294 Å². The van der Waals surface area contributed by atoms with Crippen molar-refractivity contribution in [3.05, 3.63) is 71.8 Å². The first-order chi connectivity index (χ1) is 23.8. The van der Waals surface area contributed by atoms with Gasteiger partial charge in [0.1, 0.15) is 0 Å². The molecule has 2 aromatic heterocycles. The number of aromatic nitrogens is 1. The predicted octanol–water partition coefficient (Wildman–Crippen LogP) is 15.8. The number of benzene rings is 4. The van der Waals surface area contributed by atoms with Crippen molar-refractivity contribution in [1.29, 1.82) is 0 Å². The molecule has 0 saturated carbocycles. The fourth-order valence-electron chi connectivity index (χ4n) is 8.05. The van der Waals surface area contributed by atoms with Gasteiger partial charge in [0.25, 0.3) is 0 Å². The second-order valence-electron chi connectivity index (χ2n) is 14.8. The first-order valence-corrected chi connectivity index (χ1v) is 20.9. The Morgan fingerprint density at radius 3 is 1.40 bits per heavy atom. The van der Waals surface area contributed by atoms with Crippen LogP contribution in [-0.4, -0.2) is 4.98 Å². The number of aromatic amines is 1. The lowest BCUT2D eigenvalue weighted by molar-refractivity contribution is 0.556. The molecule has 1 N–H and O–H groups in total. The van der Waals surface area contributed by atoms with Gasteiger partial charge in [-0.25, -0.2) is 0 Å². The minimum absolute atomic E-state index is 1.19. The van der Waals surface area contributed by atoms with E-state index < -0.39 is 0 Å².